The van der Waals surface area contributed by atoms with E-state index in [9.17, 15) is 4.79 Å². The van der Waals surface area contributed by atoms with E-state index in [-0.39, 0.29) is 5.92 Å². The van der Waals surface area contributed by atoms with Crippen LogP contribution in [0.15, 0.2) is 41.5 Å². The zero-order chi connectivity index (χ0) is 22.8. The van der Waals surface area contributed by atoms with Gasteiger partial charge >= 0.3 is 0 Å². The van der Waals surface area contributed by atoms with Gasteiger partial charge in [-0.15, -0.1) is 0 Å². The van der Waals surface area contributed by atoms with Crippen LogP contribution in [0.5, 0.6) is 0 Å². The molecular formula is C23H29N9O. The molecule has 10 heteroatoms. The number of amides is 1. The van der Waals surface area contributed by atoms with E-state index in [1.807, 2.05) is 41.3 Å². The number of aromatic nitrogens is 3. The number of anilines is 1. The molecular weight excluding hydrogens is 418 g/mol. The summed E-state index contributed by atoms with van der Waals surface area (Å²) in [5, 5.41) is 3.67. The van der Waals surface area contributed by atoms with Crippen molar-refractivity contribution in [3.63, 3.8) is 0 Å². The van der Waals surface area contributed by atoms with Gasteiger partial charge in [0.2, 0.25) is 5.91 Å². The highest BCUT2D eigenvalue weighted by molar-refractivity contribution is 5.99. The number of hydrogen-bond acceptors (Lipinski definition) is 7. The van der Waals surface area contributed by atoms with E-state index in [1.165, 1.54) is 0 Å². The summed E-state index contributed by atoms with van der Waals surface area (Å²) in [6.07, 6.45) is 4.17. The van der Waals surface area contributed by atoms with Gasteiger partial charge in [0, 0.05) is 37.3 Å². The number of carbonyl (C=O) groups excluding carboxylic acids is 1. The smallest absolute Gasteiger partial charge is 0.227 e. The number of piperidine rings is 1. The molecule has 0 aliphatic carbocycles. The van der Waals surface area contributed by atoms with Gasteiger partial charge in [0.05, 0.1) is 11.4 Å². The number of hydrazine groups is 1. The first-order valence-corrected chi connectivity index (χ1v) is 11.4. The molecule has 1 amide bonds. The normalized spacial score (nSPS) is 19.3. The van der Waals surface area contributed by atoms with Crippen LogP contribution in [-0.2, 0) is 4.79 Å². The van der Waals surface area contributed by atoms with Crippen molar-refractivity contribution in [1.82, 2.24) is 25.3 Å². The molecule has 172 valence electrons. The SMILES string of the molecule is N/N=C(\NN)c1cccc(-c2nc3nc(N4CCCC(C(=O)N5CCCC5)C4)ccc3[nH]2)c1. The van der Waals surface area contributed by atoms with Gasteiger partial charge < -0.3 is 26.1 Å². The van der Waals surface area contributed by atoms with Crippen LogP contribution in [0.25, 0.3) is 22.6 Å². The van der Waals surface area contributed by atoms with Crippen molar-refractivity contribution in [2.45, 2.75) is 25.7 Å². The Hall–Kier alpha value is -3.66. The average molecular weight is 448 g/mol. The summed E-state index contributed by atoms with van der Waals surface area (Å²) in [6.45, 7) is 3.41. The second kappa shape index (κ2) is 9.07. The minimum Gasteiger partial charge on any atom is -0.356 e. The van der Waals surface area contributed by atoms with E-state index in [4.69, 9.17) is 21.7 Å². The minimum atomic E-state index is 0.0430. The van der Waals surface area contributed by atoms with Crippen LogP contribution < -0.4 is 22.0 Å². The number of hydrazone groups is 1. The number of nitrogens with two attached hydrogens (primary N) is 2. The third kappa shape index (κ3) is 4.21. The van der Waals surface area contributed by atoms with E-state index < -0.39 is 0 Å². The highest BCUT2D eigenvalue weighted by Gasteiger charge is 2.31. The molecule has 10 nitrogen and oxygen atoms in total. The molecule has 0 radical (unpaired) electrons. The summed E-state index contributed by atoms with van der Waals surface area (Å²) < 4.78 is 0. The van der Waals surface area contributed by atoms with Crippen molar-refractivity contribution < 1.29 is 4.79 Å². The lowest BCUT2D eigenvalue weighted by Gasteiger charge is -2.34. The Morgan fingerprint density at radius 1 is 1.12 bits per heavy atom. The molecule has 5 rings (SSSR count). The number of aromatic amines is 1. The fourth-order valence-electron chi connectivity index (χ4n) is 4.79. The molecule has 33 heavy (non-hydrogen) atoms. The molecule has 3 aromatic rings. The van der Waals surface area contributed by atoms with Crippen LogP contribution in [0.4, 0.5) is 5.82 Å². The Morgan fingerprint density at radius 2 is 1.97 bits per heavy atom. The predicted octanol–water partition coefficient (Wildman–Crippen LogP) is 1.55. The second-order valence-corrected chi connectivity index (χ2v) is 8.65. The summed E-state index contributed by atoms with van der Waals surface area (Å²) >= 11 is 0. The molecule has 2 aliphatic rings. The van der Waals surface area contributed by atoms with Crippen molar-refractivity contribution in [2.75, 3.05) is 31.1 Å². The van der Waals surface area contributed by atoms with Gasteiger partial charge in [-0.05, 0) is 43.9 Å². The second-order valence-electron chi connectivity index (χ2n) is 8.65. The summed E-state index contributed by atoms with van der Waals surface area (Å²) in [4.78, 5) is 30.0. The van der Waals surface area contributed by atoms with E-state index in [0.717, 1.165) is 67.8 Å². The van der Waals surface area contributed by atoms with Gasteiger partial charge in [0.1, 0.15) is 11.6 Å². The lowest BCUT2D eigenvalue weighted by Crippen LogP contribution is -2.44. The number of pyridine rings is 1. The van der Waals surface area contributed by atoms with Gasteiger partial charge in [-0.25, -0.2) is 15.8 Å². The maximum atomic E-state index is 12.9. The summed E-state index contributed by atoms with van der Waals surface area (Å²) in [5.74, 6) is 13.2. The monoisotopic (exact) mass is 447 g/mol. The number of rotatable bonds is 4. The highest BCUT2D eigenvalue weighted by atomic mass is 16.2. The first kappa shape index (κ1) is 21.2. The third-order valence-electron chi connectivity index (χ3n) is 6.52. The minimum absolute atomic E-state index is 0.0430. The van der Waals surface area contributed by atoms with Gasteiger partial charge in [0.25, 0.3) is 0 Å². The highest BCUT2D eigenvalue weighted by Crippen LogP contribution is 2.27. The fraction of sp³-hybridized carbons (Fsp3) is 0.391. The maximum absolute atomic E-state index is 12.9. The summed E-state index contributed by atoms with van der Waals surface area (Å²) in [5.41, 5.74) is 5.62. The fourth-order valence-corrected chi connectivity index (χ4v) is 4.79. The molecule has 6 N–H and O–H groups in total. The van der Waals surface area contributed by atoms with Crippen LogP contribution >= 0.6 is 0 Å². The Morgan fingerprint density at radius 3 is 2.76 bits per heavy atom. The van der Waals surface area contributed by atoms with Crippen molar-refractivity contribution in [2.24, 2.45) is 22.7 Å². The number of carbonyl (C=O) groups is 1. The lowest BCUT2D eigenvalue weighted by atomic mass is 9.96. The van der Waals surface area contributed by atoms with E-state index in [0.29, 0.717) is 29.8 Å². The van der Waals surface area contributed by atoms with Crippen LogP contribution in [0, 0.1) is 5.92 Å². The predicted molar refractivity (Wildman–Crippen MR) is 128 cm³/mol. The number of benzene rings is 1. The summed E-state index contributed by atoms with van der Waals surface area (Å²) in [7, 11) is 0. The Balaban J connectivity index is 1.37. The van der Waals surface area contributed by atoms with Crippen molar-refractivity contribution in [3.8, 4) is 11.4 Å². The molecule has 1 atom stereocenters. The largest absolute Gasteiger partial charge is 0.356 e. The van der Waals surface area contributed by atoms with Gasteiger partial charge in [-0.3, -0.25) is 4.79 Å². The van der Waals surface area contributed by atoms with E-state index >= 15 is 0 Å². The van der Waals surface area contributed by atoms with Gasteiger partial charge in [-0.1, -0.05) is 18.2 Å². The number of hydrogen-bond donors (Lipinski definition) is 4. The van der Waals surface area contributed by atoms with Gasteiger partial charge in [-0.2, -0.15) is 5.10 Å². The van der Waals surface area contributed by atoms with Crippen molar-refractivity contribution in [1.29, 1.82) is 0 Å². The van der Waals surface area contributed by atoms with Crippen LogP contribution in [0.2, 0.25) is 0 Å². The molecule has 2 aliphatic heterocycles. The number of fused-ring (bicyclic) bond motifs is 1. The molecule has 4 heterocycles. The zero-order valence-corrected chi connectivity index (χ0v) is 18.5. The maximum Gasteiger partial charge on any atom is 0.227 e. The molecule has 2 saturated heterocycles. The Labute approximate surface area is 192 Å². The molecule has 2 fully saturated rings. The quantitative estimate of drug-likeness (QED) is 0.206. The number of imidazole rings is 1. The first-order valence-electron chi connectivity index (χ1n) is 11.4. The topological polar surface area (TPSA) is 142 Å². The average Bonchev–Trinajstić information content (AvgIpc) is 3.54. The number of H-pyrrole nitrogens is 1. The number of likely N-dealkylation sites (tertiary alicyclic amines) is 1. The molecule has 1 aromatic carbocycles. The Bertz CT molecular complexity index is 1180. The molecule has 2 aromatic heterocycles. The standard InChI is InChI=1S/C23H29N9O/c24-29-21(30-25)16-6-3-5-15(13-16)20-26-18-8-9-19(27-22(18)28-20)32-12-4-7-17(14-32)23(33)31-10-1-2-11-31/h3,5-6,8-9,13,17H,1-2,4,7,10-12,14,24-25H2,(H,29,30)(H,26,27,28). The van der Waals surface area contributed by atoms with E-state index in [1.54, 1.807) is 0 Å². The van der Waals surface area contributed by atoms with Gasteiger partial charge in [0.15, 0.2) is 11.5 Å². The van der Waals surface area contributed by atoms with Crippen LogP contribution in [0.1, 0.15) is 31.2 Å². The Kier molecular flexibility index (Phi) is 5.82. The van der Waals surface area contributed by atoms with Crippen LogP contribution in [-0.4, -0.2) is 57.8 Å². The van der Waals surface area contributed by atoms with Crippen molar-refractivity contribution in [3.05, 3.63) is 42.0 Å². The molecule has 0 spiro atoms. The lowest BCUT2D eigenvalue weighted by molar-refractivity contribution is -0.134. The van der Waals surface area contributed by atoms with Crippen LogP contribution in [0.3, 0.4) is 0 Å². The zero-order valence-electron chi connectivity index (χ0n) is 18.5. The van der Waals surface area contributed by atoms with Crippen molar-refractivity contribution >= 4 is 28.7 Å². The summed E-state index contributed by atoms with van der Waals surface area (Å²) in [6, 6.07) is 11.6. The first-order chi connectivity index (χ1) is 16.2. The molecule has 0 saturated carbocycles. The molecule has 1 unspecified atom stereocenters. The van der Waals surface area contributed by atoms with E-state index in [2.05, 4.69) is 20.4 Å². The third-order valence-corrected chi connectivity index (χ3v) is 6.52. The number of amidine groups is 1. The number of nitrogens with zero attached hydrogens (tertiary/aromatic N) is 5. The molecule has 0 bridgehead atoms. The number of nitrogens with one attached hydrogen (secondary N) is 2.